The number of hydrogen-bond donors (Lipinski definition) is 2. The number of amides is 2. The van der Waals surface area contributed by atoms with Crippen molar-refractivity contribution in [3.8, 4) is 22.5 Å². The van der Waals surface area contributed by atoms with E-state index in [1.807, 2.05) is 46.2 Å². The number of rotatable bonds is 13. The van der Waals surface area contributed by atoms with Crippen molar-refractivity contribution < 1.29 is 9.59 Å². The standard InChI is InChI=1S/C44H58N8O2S2/c45-35(43(53)49-21-23-51-41(39(49)25-31-13-5-1-6-14-31)27-37(47-51)33-17-9-3-10-18-33)29-55-56-30-36(46)44(54)50-22-24-52-42(40(50)26-32-15-7-2-8-16-32)28-38(48-52)34-19-11-4-12-20-34/h3-4,9-12,17-20,27-28,31-32,35-36,39-40H,1-2,5-8,13-16,21-26,29-30,45-46H2/t35-,36-,39+,40+/m0/s1. The summed E-state index contributed by atoms with van der Waals surface area (Å²) in [5.41, 5.74) is 19.7. The number of benzene rings is 2. The third-order valence-electron chi connectivity index (χ3n) is 12.6. The first kappa shape index (κ1) is 39.3. The summed E-state index contributed by atoms with van der Waals surface area (Å²) in [6.45, 7) is 2.53. The zero-order valence-corrected chi connectivity index (χ0v) is 34.2. The number of aromatic nitrogens is 4. The molecule has 4 atom stereocenters. The molecule has 10 nitrogen and oxygen atoms in total. The van der Waals surface area contributed by atoms with E-state index in [1.165, 1.54) is 64.2 Å². The second-order valence-corrected chi connectivity index (χ2v) is 19.0. The minimum absolute atomic E-state index is 0.00153. The Balaban J connectivity index is 0.891. The van der Waals surface area contributed by atoms with Crippen molar-refractivity contribution >= 4 is 33.4 Å². The van der Waals surface area contributed by atoms with Gasteiger partial charge in [0.2, 0.25) is 11.8 Å². The fourth-order valence-corrected chi connectivity index (χ4v) is 11.8. The van der Waals surface area contributed by atoms with Gasteiger partial charge in [-0.1, -0.05) is 146 Å². The van der Waals surface area contributed by atoms with E-state index in [9.17, 15) is 9.59 Å². The molecule has 298 valence electrons. The molecule has 2 aliphatic carbocycles. The minimum Gasteiger partial charge on any atom is -0.331 e. The van der Waals surface area contributed by atoms with Crippen LogP contribution in [0.15, 0.2) is 72.8 Å². The van der Waals surface area contributed by atoms with Crippen LogP contribution in [-0.4, -0.2) is 77.9 Å². The first-order chi connectivity index (χ1) is 27.4. The van der Waals surface area contributed by atoms with Crippen molar-refractivity contribution in [3.63, 3.8) is 0 Å². The molecule has 4 aliphatic rings. The predicted molar refractivity (Wildman–Crippen MR) is 227 cm³/mol. The molecule has 12 heteroatoms. The van der Waals surface area contributed by atoms with Gasteiger partial charge < -0.3 is 21.3 Å². The van der Waals surface area contributed by atoms with Crippen LogP contribution in [0.2, 0.25) is 0 Å². The van der Waals surface area contributed by atoms with Crippen LogP contribution < -0.4 is 11.5 Å². The molecule has 2 aromatic carbocycles. The lowest BCUT2D eigenvalue weighted by Crippen LogP contribution is -2.51. The van der Waals surface area contributed by atoms with Gasteiger partial charge in [0.05, 0.1) is 60.0 Å². The first-order valence-corrected chi connectivity index (χ1v) is 23.5. The van der Waals surface area contributed by atoms with Crippen molar-refractivity contribution in [1.82, 2.24) is 29.4 Å². The van der Waals surface area contributed by atoms with Crippen LogP contribution in [0.3, 0.4) is 0 Å². The van der Waals surface area contributed by atoms with Gasteiger partial charge in [-0.2, -0.15) is 10.2 Å². The van der Waals surface area contributed by atoms with Crippen LogP contribution in [0.25, 0.3) is 22.5 Å². The van der Waals surface area contributed by atoms with Crippen LogP contribution in [0.4, 0.5) is 0 Å². The Bertz CT molecular complexity index is 1770. The summed E-state index contributed by atoms with van der Waals surface area (Å²) in [6.07, 6.45) is 14.4. The smallest absolute Gasteiger partial charge is 0.241 e. The maximum atomic E-state index is 14.1. The van der Waals surface area contributed by atoms with Gasteiger partial charge in [-0.25, -0.2) is 0 Å². The number of nitrogens with zero attached hydrogens (tertiary/aromatic N) is 6. The highest BCUT2D eigenvalue weighted by atomic mass is 33.1. The molecule has 2 fully saturated rings. The van der Waals surface area contributed by atoms with E-state index in [1.54, 1.807) is 21.6 Å². The lowest BCUT2D eigenvalue weighted by Gasteiger charge is -2.40. The average Bonchev–Trinajstić information content (AvgIpc) is 3.89. The summed E-state index contributed by atoms with van der Waals surface area (Å²) < 4.78 is 4.23. The summed E-state index contributed by atoms with van der Waals surface area (Å²) in [5.74, 6) is 2.11. The van der Waals surface area contributed by atoms with Crippen LogP contribution in [0, 0.1) is 11.8 Å². The molecule has 8 rings (SSSR count). The normalized spacial score (nSPS) is 21.7. The van der Waals surface area contributed by atoms with Crippen molar-refractivity contribution in [1.29, 1.82) is 0 Å². The number of fused-ring (bicyclic) bond motifs is 2. The average molecular weight is 795 g/mol. The van der Waals surface area contributed by atoms with Gasteiger partial charge >= 0.3 is 0 Å². The third kappa shape index (κ3) is 8.93. The highest BCUT2D eigenvalue weighted by Crippen LogP contribution is 2.40. The summed E-state index contributed by atoms with van der Waals surface area (Å²) in [5, 5.41) is 9.96. The van der Waals surface area contributed by atoms with Crippen LogP contribution in [-0.2, 0) is 22.7 Å². The summed E-state index contributed by atoms with van der Waals surface area (Å²) in [4.78, 5) is 32.3. The monoisotopic (exact) mass is 794 g/mol. The fourth-order valence-electron chi connectivity index (χ4n) is 9.61. The Kier molecular flexibility index (Phi) is 12.9. The van der Waals surface area contributed by atoms with Crippen LogP contribution in [0.5, 0.6) is 0 Å². The highest BCUT2D eigenvalue weighted by molar-refractivity contribution is 8.76. The van der Waals surface area contributed by atoms with Gasteiger partial charge in [0.25, 0.3) is 0 Å². The topological polar surface area (TPSA) is 128 Å². The Labute approximate surface area is 339 Å². The summed E-state index contributed by atoms with van der Waals surface area (Å²) in [7, 11) is 3.10. The maximum Gasteiger partial charge on any atom is 0.241 e. The number of nitrogens with two attached hydrogens (primary N) is 2. The van der Waals surface area contributed by atoms with E-state index >= 15 is 0 Å². The van der Waals surface area contributed by atoms with Gasteiger partial charge in [-0.15, -0.1) is 0 Å². The molecule has 2 aliphatic heterocycles. The van der Waals surface area contributed by atoms with Crippen molar-refractivity contribution in [2.24, 2.45) is 23.3 Å². The Hall–Kier alpha value is -3.58. The summed E-state index contributed by atoms with van der Waals surface area (Å²) >= 11 is 0. The van der Waals surface area contributed by atoms with Crippen LogP contribution >= 0.6 is 21.6 Å². The molecule has 0 spiro atoms. The molecule has 4 aromatic rings. The largest absolute Gasteiger partial charge is 0.331 e. The van der Waals surface area contributed by atoms with Crippen molar-refractivity contribution in [3.05, 3.63) is 84.2 Å². The second kappa shape index (κ2) is 18.3. The second-order valence-electron chi connectivity index (χ2n) is 16.4. The Morgan fingerprint density at radius 2 is 0.982 bits per heavy atom. The molecule has 0 unspecified atom stereocenters. The molecule has 0 radical (unpaired) electrons. The van der Waals surface area contributed by atoms with E-state index in [2.05, 4.69) is 45.8 Å². The molecule has 0 saturated heterocycles. The SMILES string of the molecule is N[C@@H](CSSC[C@H](N)C(=O)N1CCn2nc(-c3ccccc3)cc2[C@H]1CC1CCCCC1)C(=O)N1CCn2nc(-c3ccccc3)cc2[C@H]1CC1CCCCC1. The van der Waals surface area contributed by atoms with E-state index in [0.717, 1.165) is 46.7 Å². The quantitative estimate of drug-likeness (QED) is 0.104. The van der Waals surface area contributed by atoms with Gasteiger partial charge in [0.15, 0.2) is 0 Å². The lowest BCUT2D eigenvalue weighted by molar-refractivity contribution is -0.137. The van der Waals surface area contributed by atoms with Gasteiger partial charge in [-0.3, -0.25) is 19.0 Å². The van der Waals surface area contributed by atoms with E-state index in [0.29, 0.717) is 49.5 Å². The van der Waals surface area contributed by atoms with Gasteiger partial charge in [-0.05, 0) is 36.8 Å². The predicted octanol–water partition coefficient (Wildman–Crippen LogP) is 7.86. The maximum absolute atomic E-state index is 14.1. The molecule has 4 N–H and O–H groups in total. The van der Waals surface area contributed by atoms with Crippen molar-refractivity contribution in [2.45, 2.75) is 114 Å². The molecule has 0 bridgehead atoms. The van der Waals surface area contributed by atoms with E-state index < -0.39 is 12.1 Å². The first-order valence-electron chi connectivity index (χ1n) is 21.1. The minimum atomic E-state index is -0.641. The number of hydrogen-bond acceptors (Lipinski definition) is 8. The van der Waals surface area contributed by atoms with E-state index in [-0.39, 0.29) is 23.9 Å². The molecular weight excluding hydrogens is 737 g/mol. The zero-order valence-electron chi connectivity index (χ0n) is 32.6. The molecule has 2 amide bonds. The molecule has 2 aromatic heterocycles. The Morgan fingerprint density at radius 3 is 1.38 bits per heavy atom. The molecule has 4 heterocycles. The Morgan fingerprint density at radius 1 is 0.589 bits per heavy atom. The van der Waals surface area contributed by atoms with Crippen LogP contribution in [0.1, 0.15) is 101 Å². The summed E-state index contributed by atoms with van der Waals surface area (Å²) in [6, 6.07) is 23.6. The van der Waals surface area contributed by atoms with Crippen molar-refractivity contribution in [2.75, 3.05) is 24.6 Å². The molecular formula is C44H58N8O2S2. The van der Waals surface area contributed by atoms with E-state index in [4.69, 9.17) is 21.7 Å². The number of carbonyl (C=O) groups excluding carboxylic acids is 2. The fraction of sp³-hybridized carbons (Fsp3) is 0.545. The highest BCUT2D eigenvalue weighted by Gasteiger charge is 2.38. The zero-order chi connectivity index (χ0) is 38.4. The van der Waals surface area contributed by atoms with Gasteiger partial charge in [0.1, 0.15) is 0 Å². The molecule has 2 saturated carbocycles. The molecule has 56 heavy (non-hydrogen) atoms. The van der Waals surface area contributed by atoms with Gasteiger partial charge in [0, 0.05) is 35.7 Å². The lowest BCUT2D eigenvalue weighted by atomic mass is 9.83. The number of carbonyl (C=O) groups is 2. The third-order valence-corrected chi connectivity index (χ3v) is 15.1.